The van der Waals surface area contributed by atoms with Gasteiger partial charge in [0.1, 0.15) is 8.57 Å². The number of hydrogen-bond donors (Lipinski definition) is 0. The summed E-state index contributed by atoms with van der Waals surface area (Å²) >= 11 is 42.7. The quantitative estimate of drug-likeness (QED) is 0.176. The molecular formula is C8H2I16. The summed E-state index contributed by atoms with van der Waals surface area (Å²) in [5.41, 5.74) is 0. The first-order chi connectivity index (χ1) is 10.1. The van der Waals surface area contributed by atoms with E-state index in [2.05, 4.69) is 361 Å². The summed E-state index contributed by atoms with van der Waals surface area (Å²) in [7, 11) is 0. The summed E-state index contributed by atoms with van der Waals surface area (Å²) in [6.07, 6.45) is 0. The molecule has 0 aromatic carbocycles. The van der Waals surface area contributed by atoms with Gasteiger partial charge in [0.25, 0.3) is 0 Å². The van der Waals surface area contributed by atoms with Gasteiger partial charge >= 0.3 is 0 Å². The van der Waals surface area contributed by atoms with Crippen LogP contribution in [0.15, 0.2) is 0 Å². The van der Waals surface area contributed by atoms with Gasteiger partial charge in [-0.25, -0.2) is 0 Å². The predicted molar refractivity (Wildman–Crippen MR) is 248 cm³/mol. The molecule has 0 aromatic rings. The van der Waals surface area contributed by atoms with Gasteiger partial charge in [-0.1, -0.05) is 361 Å². The Morgan fingerprint density at radius 1 is 0.333 bits per heavy atom. The van der Waals surface area contributed by atoms with Crippen LogP contribution >= 0.6 is 361 Å². The van der Waals surface area contributed by atoms with Gasteiger partial charge < -0.3 is 0 Å². The van der Waals surface area contributed by atoms with Crippen molar-refractivity contribution in [2.24, 2.45) is 0 Å². The Morgan fingerprint density at radius 3 is 0.625 bits per heavy atom. The molecule has 0 atom stereocenters. The van der Waals surface area contributed by atoms with Crippen molar-refractivity contribution >= 4 is 361 Å². The molecule has 0 nitrogen and oxygen atoms in total. The first-order valence-electron chi connectivity index (χ1n) is 4.97. The molecule has 24 heavy (non-hydrogen) atoms. The summed E-state index contributed by atoms with van der Waals surface area (Å²) in [5, 5.41) is 0. The molecule has 0 unspecified atom stereocenters. The fourth-order valence-corrected chi connectivity index (χ4v) is 23.8. The Labute approximate surface area is 361 Å². The third-order valence-electron chi connectivity index (χ3n) is 2.57. The third-order valence-corrected chi connectivity index (χ3v) is 55.3. The second-order valence-corrected chi connectivity index (χ2v) is 46.0. The topological polar surface area (TPSA) is 0 Å². The number of alkyl halides is 16. The Balaban J connectivity index is 6.38. The molecule has 0 aliphatic rings. The molecule has 0 N–H and O–H groups in total. The standard InChI is InChI=1S/C8H2I16/c9-1(10)3(13,14)5(17,18)7(21,22)8(23,24)6(19,20)4(15,16)2(11)12/h1-2H. The Hall–Kier alpha value is 11.7. The molecule has 0 aliphatic carbocycles. The summed E-state index contributed by atoms with van der Waals surface area (Å²) in [5.74, 6) is 0. The van der Waals surface area contributed by atoms with E-state index in [0.29, 0.717) is 3.86 Å². The molecule has 0 saturated heterocycles. The Kier molecular flexibility index (Phi) is 20.3. The monoisotopic (exact) mass is 2130 g/mol. The van der Waals surface area contributed by atoms with Gasteiger partial charge in [0.05, 0.1) is 3.86 Å². The molecule has 0 aromatic heterocycles. The van der Waals surface area contributed by atoms with Crippen molar-refractivity contribution < 1.29 is 0 Å². The minimum absolute atomic E-state index is 0.0148. The summed E-state index contributed by atoms with van der Waals surface area (Å²) in [4.78, 5) is 0. The highest BCUT2D eigenvalue weighted by Crippen LogP contribution is 2.76. The maximum Gasteiger partial charge on any atom is 0.125 e. The SMILES string of the molecule is IC(I)C(I)(I)C(I)(I)C(I)(I)C(I)(I)C(I)(I)C(I)(I)C(I)I. The largest absolute Gasteiger partial charge is 0.125 e. The lowest BCUT2D eigenvalue weighted by atomic mass is 10.1. The fourth-order valence-electron chi connectivity index (χ4n) is 1.09. The smallest absolute Gasteiger partial charge is 0.0686 e. The third kappa shape index (κ3) is 7.63. The van der Waals surface area contributed by atoms with Gasteiger partial charge in [-0.05, 0) is 0 Å². The van der Waals surface area contributed by atoms with Crippen molar-refractivity contribution in [1.29, 1.82) is 0 Å². The van der Waals surface area contributed by atoms with Crippen LogP contribution in [0.4, 0.5) is 0 Å². The molecule has 16 heteroatoms. The van der Waals surface area contributed by atoms with Gasteiger partial charge in [-0.3, -0.25) is 0 Å². The lowest BCUT2D eigenvalue weighted by Gasteiger charge is -2.56. The van der Waals surface area contributed by atoms with Crippen LogP contribution < -0.4 is 0 Å². The van der Waals surface area contributed by atoms with Crippen LogP contribution in [0.25, 0.3) is 0 Å². The van der Waals surface area contributed by atoms with Crippen molar-refractivity contribution in [1.82, 2.24) is 0 Å². The zero-order valence-corrected chi connectivity index (χ0v) is 44.7. The van der Waals surface area contributed by atoms with Crippen LogP contribution in [-0.2, 0) is 0 Å². The molecule has 0 rings (SSSR count). The summed E-state index contributed by atoms with van der Waals surface area (Å²) in [6.45, 7) is 0. The van der Waals surface area contributed by atoms with Crippen LogP contribution in [0.3, 0.4) is 0 Å². The lowest BCUT2D eigenvalue weighted by molar-refractivity contribution is 0.703. The number of rotatable bonds is 7. The summed E-state index contributed by atoms with van der Waals surface area (Å²) < 4.78 is 1.41. The van der Waals surface area contributed by atoms with Crippen molar-refractivity contribution in [3.63, 3.8) is 0 Å². The van der Waals surface area contributed by atoms with Crippen molar-refractivity contribution in [3.8, 4) is 0 Å². The summed E-state index contributed by atoms with van der Waals surface area (Å²) in [6, 6.07) is 0. The van der Waals surface area contributed by atoms with Gasteiger partial charge in [0.2, 0.25) is 0 Å². The molecule has 0 saturated carbocycles. The van der Waals surface area contributed by atoms with Crippen LogP contribution in [0, 0.1) is 0 Å². The Morgan fingerprint density at radius 2 is 0.500 bits per heavy atom. The minimum Gasteiger partial charge on any atom is -0.0686 e. The van der Waals surface area contributed by atoms with Gasteiger partial charge in [-0.15, -0.1) is 0 Å². The van der Waals surface area contributed by atoms with Crippen molar-refractivity contribution in [2.75, 3.05) is 0 Å². The van der Waals surface area contributed by atoms with E-state index in [1.54, 1.807) is 0 Å². The predicted octanol–water partition coefficient (Wildman–Crippen LogP) is 12.8. The van der Waals surface area contributed by atoms with E-state index < -0.39 is 0 Å². The molecule has 146 valence electrons. The lowest BCUT2D eigenvalue weighted by Crippen LogP contribution is -2.65. The second kappa shape index (κ2) is 13.7. The van der Waals surface area contributed by atoms with Gasteiger partial charge in [-0.2, -0.15) is 0 Å². The highest BCUT2D eigenvalue weighted by molar-refractivity contribution is 14.2. The molecule has 0 radical (unpaired) electrons. The maximum absolute atomic E-state index is 2.73. The van der Waals surface area contributed by atoms with E-state index in [-0.39, 0.29) is 8.57 Å². The minimum atomic E-state index is 0.0148. The molecule has 0 fully saturated rings. The van der Waals surface area contributed by atoms with E-state index in [9.17, 15) is 0 Å². The number of hydrogen-bond acceptors (Lipinski definition) is 0. The van der Waals surface area contributed by atoms with E-state index in [1.165, 1.54) is 0 Å². The van der Waals surface area contributed by atoms with Gasteiger partial charge in [0.15, 0.2) is 0 Å². The molecule has 0 spiro atoms. The van der Waals surface area contributed by atoms with Crippen LogP contribution in [0.2, 0.25) is 0 Å². The van der Waals surface area contributed by atoms with E-state index in [4.69, 9.17) is 0 Å². The molecule has 0 amide bonds. The molecular weight excluding hydrogens is 2130 g/mol. The zero-order chi connectivity index (χ0) is 20.2. The molecule has 0 heterocycles. The zero-order valence-electron chi connectivity index (χ0n) is 10.2. The first-order valence-corrected chi connectivity index (χ1v) is 22.9. The van der Waals surface area contributed by atoms with Crippen LogP contribution in [0.5, 0.6) is 0 Å². The number of halogens is 16. The normalized spacial score (nSPS) is 16.2. The highest BCUT2D eigenvalue weighted by Gasteiger charge is 2.73. The van der Waals surface area contributed by atoms with E-state index in [0.717, 1.165) is 0 Å². The average molecular weight is 2130 g/mol. The second-order valence-electron chi connectivity index (χ2n) is 4.14. The first kappa shape index (κ1) is 35.7. The highest BCUT2D eigenvalue weighted by atomic mass is 127. The van der Waals surface area contributed by atoms with E-state index >= 15 is 0 Å². The average Bonchev–Trinajstić information content (AvgIpc) is 2.36. The fraction of sp³-hybridized carbons (Fsp3) is 1.00. The Bertz CT molecular complexity index is 405. The van der Waals surface area contributed by atoms with E-state index in [1.807, 2.05) is 0 Å². The molecule has 0 bridgehead atoms. The van der Waals surface area contributed by atoms with Crippen molar-refractivity contribution in [2.45, 2.75) is 12.4 Å². The van der Waals surface area contributed by atoms with Crippen molar-refractivity contribution in [3.05, 3.63) is 0 Å². The maximum atomic E-state index is 2.73. The van der Waals surface area contributed by atoms with Crippen LogP contribution in [0.1, 0.15) is 0 Å². The van der Waals surface area contributed by atoms with Gasteiger partial charge in [0, 0.05) is 0 Å². The molecule has 0 aliphatic heterocycles. The van der Waals surface area contributed by atoms with Crippen LogP contribution in [-0.4, -0.2) is 12.4 Å².